The first kappa shape index (κ1) is 64.6. The number of benzene rings is 2. The highest BCUT2D eigenvalue weighted by molar-refractivity contribution is 8.00. The number of fused-ring (bicyclic) bond motifs is 5. The van der Waals surface area contributed by atoms with Crippen LogP contribution in [0, 0.1) is 30.6 Å². The zero-order chi connectivity index (χ0) is 60.3. The third-order valence-corrected chi connectivity index (χ3v) is 18.1. The number of likely N-dealkylation sites (tertiary alicyclic amines) is 1. The highest BCUT2D eigenvalue weighted by atomic mass is 35.5. The van der Waals surface area contributed by atoms with Crippen molar-refractivity contribution in [1.29, 1.82) is 0 Å². The molecule has 456 valence electrons. The molecule has 2 aromatic rings. The van der Waals surface area contributed by atoms with Crippen molar-refractivity contribution < 1.29 is 81.4 Å². The average Bonchev–Trinajstić information content (AvgIpc) is 1.92. The molecule has 7 rings (SSSR count). The first-order valence-corrected chi connectivity index (χ1v) is 29.8. The van der Waals surface area contributed by atoms with Crippen LogP contribution in [0.1, 0.15) is 96.6 Å². The van der Waals surface area contributed by atoms with Crippen LogP contribution in [0.15, 0.2) is 48.6 Å². The van der Waals surface area contributed by atoms with Gasteiger partial charge in [0.05, 0.1) is 43.8 Å². The molecular formula is C59H80ClN5O17S. The standard InChI is InChI=1S/C59H80ClN5O17S/c1-34-13-19-41(20-14-34)79-57(73)78-25-24-77-23-22-61-53(69)40-17-15-38(16-18-40)33-65-50(68)30-45(54(65)70)83-26-21-48(66)63(6)37(4)55(71)81-47-31-49(67)64(7)42-28-39(29-43(75-8)51(42)60)27-35(2)11-10-12-46(76-9)59(74)32-44(80-56(72)62-59)36(3)52-58(47,5)82-52/h10,12-14,19-20,28-29,35-38,40,44-47,52,74H,11,15-18,21-27,30-33H2,1-9H3,(H,61,69)(H,62,72)/b12-10+/t35?,36-,37+,38?,40?,44+,45+,46-,47+,52+,58+,59+/m1/s1. The number of epoxide rings is 1. The maximum atomic E-state index is 14.4. The molecule has 3 saturated heterocycles. The fraction of sp³-hybridized carbons (Fsp3) is 0.627. The van der Waals surface area contributed by atoms with E-state index >= 15 is 0 Å². The van der Waals surface area contributed by atoms with Gasteiger partial charge in [-0.25, -0.2) is 14.4 Å². The number of allylic oxidation sites excluding steroid dienone is 1. The fourth-order valence-electron chi connectivity index (χ4n) is 11.2. The van der Waals surface area contributed by atoms with Crippen LogP contribution in [0.5, 0.6) is 11.5 Å². The predicted octanol–water partition coefficient (Wildman–Crippen LogP) is 6.31. The zero-order valence-electron chi connectivity index (χ0n) is 48.8. The summed E-state index contributed by atoms with van der Waals surface area (Å²) < 4.78 is 45.2. The second-order valence-corrected chi connectivity index (χ2v) is 24.3. The number of amides is 6. The number of aliphatic hydroxyl groups is 1. The summed E-state index contributed by atoms with van der Waals surface area (Å²) in [5.41, 5.74) is -0.936. The van der Waals surface area contributed by atoms with Gasteiger partial charge in [-0.3, -0.25) is 34.2 Å². The van der Waals surface area contributed by atoms with Gasteiger partial charge in [0.2, 0.25) is 29.5 Å². The first-order chi connectivity index (χ1) is 39.4. The summed E-state index contributed by atoms with van der Waals surface area (Å²) in [6.45, 7) is 9.81. The number of rotatable bonds is 19. The number of imide groups is 1. The number of anilines is 1. The van der Waals surface area contributed by atoms with Gasteiger partial charge in [0.25, 0.3) is 0 Å². The van der Waals surface area contributed by atoms with Crippen LogP contribution in [0.4, 0.5) is 15.3 Å². The van der Waals surface area contributed by atoms with Crippen molar-refractivity contribution in [3.8, 4) is 11.5 Å². The second-order valence-electron chi connectivity index (χ2n) is 22.6. The van der Waals surface area contributed by atoms with Gasteiger partial charge in [0, 0.05) is 71.1 Å². The van der Waals surface area contributed by atoms with Crippen molar-refractivity contribution in [3.63, 3.8) is 0 Å². The number of nitrogens with zero attached hydrogens (tertiary/aromatic N) is 3. The summed E-state index contributed by atoms with van der Waals surface area (Å²) in [4.78, 5) is 111. The second kappa shape index (κ2) is 28.7. The minimum absolute atomic E-state index is 0.00812. The number of aryl methyl sites for hydroxylation is 1. The van der Waals surface area contributed by atoms with E-state index in [0.29, 0.717) is 55.7 Å². The molecule has 5 aliphatic rings. The van der Waals surface area contributed by atoms with E-state index < -0.39 is 83.0 Å². The summed E-state index contributed by atoms with van der Waals surface area (Å²) >= 11 is 8.05. The third kappa shape index (κ3) is 16.5. The molecule has 4 heterocycles. The van der Waals surface area contributed by atoms with E-state index in [4.69, 9.17) is 49.5 Å². The molecular weight excluding hydrogens is 1120 g/mol. The number of alkyl carbamates (subject to hydrolysis) is 1. The largest absolute Gasteiger partial charge is 0.513 e. The van der Waals surface area contributed by atoms with Crippen LogP contribution in [-0.2, 0) is 63.6 Å². The topological polar surface area (TPSA) is 268 Å². The highest BCUT2D eigenvalue weighted by Gasteiger charge is 2.64. The smallest absolute Gasteiger partial charge is 0.495 e. The van der Waals surface area contributed by atoms with Gasteiger partial charge in [-0.2, -0.15) is 0 Å². The maximum Gasteiger partial charge on any atom is 0.513 e. The van der Waals surface area contributed by atoms with Crippen molar-refractivity contribution in [2.45, 2.75) is 146 Å². The minimum atomic E-state index is -1.86. The molecule has 1 aliphatic carbocycles. The molecule has 1 saturated carbocycles. The van der Waals surface area contributed by atoms with Crippen LogP contribution in [0.25, 0.3) is 0 Å². The van der Waals surface area contributed by atoms with E-state index in [0.717, 1.165) is 11.1 Å². The van der Waals surface area contributed by atoms with E-state index in [2.05, 4.69) is 10.6 Å². The number of carbonyl (C=O) groups is 8. The Morgan fingerprint density at radius 2 is 1.71 bits per heavy atom. The lowest BCUT2D eigenvalue weighted by molar-refractivity contribution is -0.162. The number of ether oxygens (including phenoxy) is 8. The van der Waals surface area contributed by atoms with E-state index in [1.807, 2.05) is 38.1 Å². The monoisotopic (exact) mass is 1200 g/mol. The van der Waals surface area contributed by atoms with Crippen LogP contribution in [0.2, 0.25) is 5.02 Å². The van der Waals surface area contributed by atoms with Gasteiger partial charge < -0.3 is 58.1 Å². The molecule has 2 aromatic carbocycles. The van der Waals surface area contributed by atoms with E-state index in [9.17, 15) is 43.5 Å². The summed E-state index contributed by atoms with van der Waals surface area (Å²) in [5.74, 6) is -2.22. The molecule has 3 N–H and O–H groups in total. The van der Waals surface area contributed by atoms with E-state index in [1.54, 1.807) is 45.2 Å². The lowest BCUT2D eigenvalue weighted by Gasteiger charge is -2.42. The minimum Gasteiger partial charge on any atom is -0.495 e. The van der Waals surface area contributed by atoms with Crippen molar-refractivity contribution in [2.24, 2.45) is 23.7 Å². The van der Waals surface area contributed by atoms with Crippen LogP contribution < -0.4 is 25.0 Å². The zero-order valence-corrected chi connectivity index (χ0v) is 50.4. The van der Waals surface area contributed by atoms with Crippen LogP contribution in [-0.4, -0.2) is 177 Å². The van der Waals surface area contributed by atoms with Crippen molar-refractivity contribution in [3.05, 3.63) is 64.7 Å². The van der Waals surface area contributed by atoms with Gasteiger partial charge >= 0.3 is 18.2 Å². The molecule has 4 bridgehead atoms. The van der Waals surface area contributed by atoms with E-state index in [-0.39, 0.29) is 105 Å². The molecule has 22 nitrogen and oxygen atoms in total. The number of thioether (sulfide) groups is 1. The Morgan fingerprint density at radius 3 is 2.41 bits per heavy atom. The molecule has 10 atom stereocenters. The number of hydrogen-bond donors (Lipinski definition) is 3. The Bertz CT molecular complexity index is 2710. The number of methoxy groups -OCH3 is 2. The Hall–Kier alpha value is -5.98. The molecule has 4 aliphatic heterocycles. The molecule has 4 fully saturated rings. The lowest BCUT2D eigenvalue weighted by atomic mass is 9.81. The Kier molecular flexibility index (Phi) is 22.4. The van der Waals surface area contributed by atoms with Crippen LogP contribution >= 0.6 is 23.4 Å². The molecule has 0 spiro atoms. The SMILES string of the molecule is COc1cc2cc(c1Cl)N(C)C(=O)C[C@H](OC(=O)[C@H](C)N(C)C(=O)CCS[C@H]1CC(=O)N(CC3CCC(C(=O)NCCOCCOC(=O)Oc4ccc(C)cc4)CC3)C1=O)[C@]1(C)O[C@H]1[C@H](C)[C@@H]1C[C@@](O)(NC(=O)O1)[C@H](OC)/C=C/CC(C)C2. The molecule has 24 heteroatoms. The summed E-state index contributed by atoms with van der Waals surface area (Å²) in [5, 5.41) is 16.8. The number of halogens is 1. The fourth-order valence-corrected chi connectivity index (χ4v) is 12.6. The van der Waals surface area contributed by atoms with Crippen molar-refractivity contribution in [2.75, 3.05) is 71.9 Å². The molecule has 0 radical (unpaired) electrons. The molecule has 1 unspecified atom stereocenters. The Morgan fingerprint density at radius 1 is 0.988 bits per heavy atom. The molecule has 6 amide bonds. The highest BCUT2D eigenvalue weighted by Crippen LogP contribution is 2.49. The number of hydrogen-bond acceptors (Lipinski definition) is 18. The van der Waals surface area contributed by atoms with Crippen molar-refractivity contribution >= 4 is 76.8 Å². The Labute approximate surface area is 494 Å². The third-order valence-electron chi connectivity index (χ3n) is 16.5. The van der Waals surface area contributed by atoms with E-state index in [1.165, 1.54) is 54.7 Å². The van der Waals surface area contributed by atoms with Gasteiger partial charge in [0.15, 0.2) is 5.72 Å². The summed E-state index contributed by atoms with van der Waals surface area (Å²) in [6.07, 6.45) is 1.19. The van der Waals surface area contributed by atoms with Gasteiger partial charge in [-0.05, 0) is 101 Å². The number of carbonyl (C=O) groups excluding carboxylic acids is 8. The summed E-state index contributed by atoms with van der Waals surface area (Å²) in [6, 6.07) is 9.45. The number of esters is 1. The van der Waals surface area contributed by atoms with Gasteiger partial charge in [0.1, 0.15) is 53.1 Å². The Balaban J connectivity index is 0.888. The van der Waals surface area contributed by atoms with Gasteiger partial charge in [-0.15, -0.1) is 11.8 Å². The first-order valence-electron chi connectivity index (χ1n) is 28.3. The maximum absolute atomic E-state index is 14.4. The summed E-state index contributed by atoms with van der Waals surface area (Å²) in [7, 11) is 5.93. The van der Waals surface area contributed by atoms with Gasteiger partial charge in [-0.1, -0.05) is 55.3 Å². The normalized spacial score (nSPS) is 29.1. The quantitative estimate of drug-likeness (QED) is 0.0265. The lowest BCUT2D eigenvalue weighted by Crippen LogP contribution is -2.63. The van der Waals surface area contributed by atoms with Crippen molar-refractivity contribution in [1.82, 2.24) is 20.4 Å². The van der Waals surface area contributed by atoms with Crippen LogP contribution in [0.3, 0.4) is 0 Å². The molecule has 83 heavy (non-hydrogen) atoms. The number of likely N-dealkylation sites (N-methyl/N-ethyl adjacent to an activating group) is 1. The molecule has 0 aromatic heterocycles. The number of nitrogens with one attached hydrogen (secondary N) is 2. The predicted molar refractivity (Wildman–Crippen MR) is 306 cm³/mol. The average molecular weight is 1200 g/mol.